The van der Waals surface area contributed by atoms with Crippen LogP contribution in [0.4, 0.5) is 0 Å². The monoisotopic (exact) mass is 214 g/mol. The van der Waals surface area contributed by atoms with Gasteiger partial charge in [-0.2, -0.15) is 0 Å². The SMILES string of the molecule is CCCCCCCC(=O)OC(C)CCC. The predicted molar refractivity (Wildman–Crippen MR) is 63.8 cm³/mol. The molecule has 0 aromatic carbocycles. The number of carbonyl (C=O) groups excluding carboxylic acids is 1. The van der Waals surface area contributed by atoms with Crippen LogP contribution in [0.1, 0.15) is 72.1 Å². The van der Waals surface area contributed by atoms with Gasteiger partial charge in [-0.1, -0.05) is 46.0 Å². The van der Waals surface area contributed by atoms with Crippen LogP contribution in [0.5, 0.6) is 0 Å². The molecule has 0 aromatic heterocycles. The molecule has 0 aromatic rings. The molecule has 0 spiro atoms. The fourth-order valence-corrected chi connectivity index (χ4v) is 1.62. The Hall–Kier alpha value is -0.530. The van der Waals surface area contributed by atoms with Crippen LogP contribution in [0.25, 0.3) is 0 Å². The normalized spacial score (nSPS) is 12.5. The van der Waals surface area contributed by atoms with E-state index in [4.69, 9.17) is 4.74 Å². The summed E-state index contributed by atoms with van der Waals surface area (Å²) in [5.41, 5.74) is 0. The van der Waals surface area contributed by atoms with E-state index in [0.717, 1.165) is 25.7 Å². The van der Waals surface area contributed by atoms with Gasteiger partial charge in [0.2, 0.25) is 0 Å². The van der Waals surface area contributed by atoms with Gasteiger partial charge in [-0.15, -0.1) is 0 Å². The maximum atomic E-state index is 11.3. The quantitative estimate of drug-likeness (QED) is 0.427. The highest BCUT2D eigenvalue weighted by molar-refractivity contribution is 5.69. The van der Waals surface area contributed by atoms with Crippen LogP contribution in [0.3, 0.4) is 0 Å². The minimum absolute atomic E-state index is 0.0209. The summed E-state index contributed by atoms with van der Waals surface area (Å²) in [6.45, 7) is 6.27. The van der Waals surface area contributed by atoms with E-state index >= 15 is 0 Å². The molecule has 0 heterocycles. The predicted octanol–water partition coefficient (Wildman–Crippen LogP) is 4.08. The van der Waals surface area contributed by atoms with E-state index < -0.39 is 0 Å². The summed E-state index contributed by atoms with van der Waals surface area (Å²) in [7, 11) is 0. The smallest absolute Gasteiger partial charge is 0.306 e. The van der Waals surface area contributed by atoms with Gasteiger partial charge in [0.15, 0.2) is 0 Å². The minimum Gasteiger partial charge on any atom is -0.463 e. The Morgan fingerprint density at radius 1 is 1.07 bits per heavy atom. The van der Waals surface area contributed by atoms with Crippen LogP contribution in [-0.4, -0.2) is 12.1 Å². The minimum atomic E-state index is -0.0209. The number of esters is 1. The second kappa shape index (κ2) is 10.0. The molecule has 0 aliphatic heterocycles. The molecule has 0 aliphatic rings. The Kier molecular flexibility index (Phi) is 9.65. The Balaban J connectivity index is 3.32. The molecular formula is C13H26O2. The number of rotatable bonds is 9. The molecular weight excluding hydrogens is 188 g/mol. The highest BCUT2D eigenvalue weighted by atomic mass is 16.5. The third kappa shape index (κ3) is 9.77. The van der Waals surface area contributed by atoms with Crippen LogP contribution in [0.2, 0.25) is 0 Å². The lowest BCUT2D eigenvalue weighted by Crippen LogP contribution is -2.14. The zero-order valence-corrected chi connectivity index (χ0v) is 10.6. The molecule has 0 radical (unpaired) electrons. The first-order valence-corrected chi connectivity index (χ1v) is 6.40. The summed E-state index contributed by atoms with van der Waals surface area (Å²) in [4.78, 5) is 11.3. The van der Waals surface area contributed by atoms with Gasteiger partial charge in [-0.25, -0.2) is 0 Å². The van der Waals surface area contributed by atoms with E-state index in [1.807, 2.05) is 6.92 Å². The van der Waals surface area contributed by atoms with Gasteiger partial charge < -0.3 is 4.74 Å². The first kappa shape index (κ1) is 14.5. The first-order chi connectivity index (χ1) is 7.20. The number of ether oxygens (including phenoxy) is 1. The van der Waals surface area contributed by atoms with Crippen molar-refractivity contribution in [1.29, 1.82) is 0 Å². The van der Waals surface area contributed by atoms with Crippen molar-refractivity contribution in [3.05, 3.63) is 0 Å². The van der Waals surface area contributed by atoms with Gasteiger partial charge in [-0.3, -0.25) is 4.79 Å². The summed E-state index contributed by atoms with van der Waals surface area (Å²) in [6.07, 6.45) is 8.65. The molecule has 0 saturated carbocycles. The van der Waals surface area contributed by atoms with Crippen molar-refractivity contribution < 1.29 is 9.53 Å². The molecule has 0 fully saturated rings. The molecule has 0 rings (SSSR count). The zero-order chi connectivity index (χ0) is 11.5. The molecule has 0 aliphatic carbocycles. The van der Waals surface area contributed by atoms with Crippen LogP contribution in [0.15, 0.2) is 0 Å². The molecule has 0 N–H and O–H groups in total. The molecule has 2 heteroatoms. The summed E-state index contributed by atoms with van der Waals surface area (Å²) in [5.74, 6) is -0.0209. The molecule has 0 bridgehead atoms. The van der Waals surface area contributed by atoms with Crippen molar-refractivity contribution in [2.45, 2.75) is 78.2 Å². The fourth-order valence-electron chi connectivity index (χ4n) is 1.62. The van der Waals surface area contributed by atoms with Gasteiger partial charge in [0, 0.05) is 6.42 Å². The Bertz CT molecular complexity index is 155. The van der Waals surface area contributed by atoms with Crippen molar-refractivity contribution in [2.24, 2.45) is 0 Å². The zero-order valence-electron chi connectivity index (χ0n) is 10.6. The number of hydrogen-bond donors (Lipinski definition) is 0. The van der Waals surface area contributed by atoms with Crippen molar-refractivity contribution in [1.82, 2.24) is 0 Å². The molecule has 2 nitrogen and oxygen atoms in total. The third-order valence-corrected chi connectivity index (χ3v) is 2.51. The number of hydrogen-bond acceptors (Lipinski definition) is 2. The number of carbonyl (C=O) groups is 1. The topological polar surface area (TPSA) is 26.3 Å². The molecule has 90 valence electrons. The standard InChI is InChI=1S/C13H26O2/c1-4-6-7-8-9-11-13(14)15-12(3)10-5-2/h12H,4-11H2,1-3H3. The van der Waals surface area contributed by atoms with E-state index in [0.29, 0.717) is 6.42 Å². The molecule has 15 heavy (non-hydrogen) atoms. The van der Waals surface area contributed by atoms with Gasteiger partial charge in [-0.05, 0) is 19.8 Å². The fraction of sp³-hybridized carbons (Fsp3) is 0.923. The summed E-state index contributed by atoms with van der Waals surface area (Å²) in [5, 5.41) is 0. The van der Waals surface area contributed by atoms with Crippen molar-refractivity contribution >= 4 is 5.97 Å². The lowest BCUT2D eigenvalue weighted by molar-refractivity contribution is -0.148. The van der Waals surface area contributed by atoms with E-state index in [2.05, 4.69) is 13.8 Å². The van der Waals surface area contributed by atoms with E-state index in [1.54, 1.807) is 0 Å². The van der Waals surface area contributed by atoms with Crippen molar-refractivity contribution in [2.75, 3.05) is 0 Å². The maximum absolute atomic E-state index is 11.3. The van der Waals surface area contributed by atoms with Gasteiger partial charge in [0.1, 0.15) is 0 Å². The van der Waals surface area contributed by atoms with E-state index in [-0.39, 0.29) is 12.1 Å². The van der Waals surface area contributed by atoms with Crippen molar-refractivity contribution in [3.8, 4) is 0 Å². The lowest BCUT2D eigenvalue weighted by atomic mass is 10.1. The van der Waals surface area contributed by atoms with Crippen LogP contribution < -0.4 is 0 Å². The largest absolute Gasteiger partial charge is 0.463 e. The average molecular weight is 214 g/mol. The highest BCUT2D eigenvalue weighted by Gasteiger charge is 2.07. The maximum Gasteiger partial charge on any atom is 0.306 e. The molecule has 1 atom stereocenters. The number of unbranched alkanes of at least 4 members (excludes halogenated alkanes) is 4. The lowest BCUT2D eigenvalue weighted by Gasteiger charge is -2.11. The molecule has 1 unspecified atom stereocenters. The van der Waals surface area contributed by atoms with Crippen molar-refractivity contribution in [3.63, 3.8) is 0 Å². The van der Waals surface area contributed by atoms with Crippen LogP contribution in [0, 0.1) is 0 Å². The van der Waals surface area contributed by atoms with Gasteiger partial charge in [0.25, 0.3) is 0 Å². The Morgan fingerprint density at radius 3 is 2.33 bits per heavy atom. The molecule has 0 saturated heterocycles. The molecule has 0 amide bonds. The van der Waals surface area contributed by atoms with E-state index in [1.165, 1.54) is 19.3 Å². The Labute approximate surface area is 94.4 Å². The second-order valence-electron chi connectivity index (χ2n) is 4.25. The highest BCUT2D eigenvalue weighted by Crippen LogP contribution is 2.08. The van der Waals surface area contributed by atoms with Crippen LogP contribution >= 0.6 is 0 Å². The average Bonchev–Trinajstić information content (AvgIpc) is 2.17. The third-order valence-electron chi connectivity index (χ3n) is 2.51. The van der Waals surface area contributed by atoms with Crippen LogP contribution in [-0.2, 0) is 9.53 Å². The first-order valence-electron chi connectivity index (χ1n) is 6.40. The Morgan fingerprint density at radius 2 is 1.73 bits per heavy atom. The van der Waals surface area contributed by atoms with Gasteiger partial charge >= 0.3 is 5.97 Å². The second-order valence-corrected chi connectivity index (χ2v) is 4.25. The summed E-state index contributed by atoms with van der Waals surface area (Å²) >= 11 is 0. The summed E-state index contributed by atoms with van der Waals surface area (Å²) < 4.78 is 5.26. The summed E-state index contributed by atoms with van der Waals surface area (Å²) in [6, 6.07) is 0. The van der Waals surface area contributed by atoms with E-state index in [9.17, 15) is 4.79 Å². The van der Waals surface area contributed by atoms with Gasteiger partial charge in [0.05, 0.1) is 6.10 Å².